The second-order valence-corrected chi connectivity index (χ2v) is 6.30. The van der Waals surface area contributed by atoms with Gasteiger partial charge in [-0.25, -0.2) is 4.98 Å². The van der Waals surface area contributed by atoms with Gasteiger partial charge in [0.1, 0.15) is 5.82 Å². The van der Waals surface area contributed by atoms with E-state index in [0.29, 0.717) is 29.8 Å². The molecule has 3 rings (SSSR count). The Hall–Kier alpha value is -1.88. The molecule has 0 aliphatic carbocycles. The van der Waals surface area contributed by atoms with Crippen molar-refractivity contribution in [3.8, 4) is 0 Å². The fraction of sp³-hybridized carbons (Fsp3) is 0.556. The largest absolute Gasteiger partial charge is 0.383 e. The number of benzene rings is 1. The lowest BCUT2D eigenvalue weighted by Gasteiger charge is -2.34. The molecule has 1 aromatic carbocycles. The molecule has 2 aromatic rings. The fourth-order valence-corrected chi connectivity index (χ4v) is 3.45. The molecule has 0 radical (unpaired) electrons. The fourth-order valence-electron chi connectivity index (χ4n) is 3.45. The van der Waals surface area contributed by atoms with E-state index in [-0.39, 0.29) is 0 Å². The number of rotatable bonds is 5. The first-order valence-corrected chi connectivity index (χ1v) is 8.61. The second-order valence-electron chi connectivity index (χ2n) is 6.30. The summed E-state index contributed by atoms with van der Waals surface area (Å²) in [7, 11) is 0. The average Bonchev–Trinajstić information content (AvgIpc) is 2.56. The summed E-state index contributed by atoms with van der Waals surface area (Å²) in [5, 5.41) is 4.37. The molecule has 2 atom stereocenters. The molecule has 1 aliphatic heterocycles. The topological polar surface area (TPSA) is 73.1 Å². The third-order valence-electron chi connectivity index (χ3n) is 4.86. The second kappa shape index (κ2) is 7.13. The van der Waals surface area contributed by atoms with Crippen molar-refractivity contribution < 1.29 is 4.74 Å². The first kappa shape index (κ1) is 16.0. The Bertz CT molecular complexity index is 657. The molecule has 0 saturated carbocycles. The van der Waals surface area contributed by atoms with Crippen molar-refractivity contribution in [1.29, 1.82) is 0 Å². The minimum absolute atomic E-state index is 0.328. The summed E-state index contributed by atoms with van der Waals surface area (Å²) in [6.45, 7) is 5.27. The highest BCUT2D eigenvalue weighted by Gasteiger charge is 2.28. The maximum absolute atomic E-state index is 6.06. The molecule has 1 saturated heterocycles. The summed E-state index contributed by atoms with van der Waals surface area (Å²) >= 11 is 0. The van der Waals surface area contributed by atoms with Crippen LogP contribution in [0.5, 0.6) is 0 Å². The Morgan fingerprint density at radius 2 is 2.04 bits per heavy atom. The van der Waals surface area contributed by atoms with Crippen molar-refractivity contribution in [2.75, 3.05) is 17.7 Å². The molecular formula is C18H26N4O. The number of aromatic nitrogens is 2. The Labute approximate surface area is 137 Å². The maximum Gasteiger partial charge on any atom is 0.225 e. The lowest BCUT2D eigenvalue weighted by atomic mass is 9.89. The highest BCUT2D eigenvalue weighted by atomic mass is 16.5. The molecule has 5 heteroatoms. The van der Waals surface area contributed by atoms with Crippen molar-refractivity contribution in [1.82, 2.24) is 9.97 Å². The van der Waals surface area contributed by atoms with E-state index in [1.807, 2.05) is 24.3 Å². The van der Waals surface area contributed by atoms with Crippen LogP contribution in [0.1, 0.15) is 39.5 Å². The molecule has 0 bridgehead atoms. The Balaban J connectivity index is 1.74. The number of hydrogen-bond acceptors (Lipinski definition) is 5. The average molecular weight is 314 g/mol. The van der Waals surface area contributed by atoms with Crippen molar-refractivity contribution >= 4 is 22.7 Å². The number of fused-ring (bicyclic) bond motifs is 1. The van der Waals surface area contributed by atoms with Gasteiger partial charge in [-0.3, -0.25) is 0 Å². The van der Waals surface area contributed by atoms with Gasteiger partial charge in [-0.1, -0.05) is 38.8 Å². The number of para-hydroxylation sites is 1. The standard InChI is InChI=1S/C18H26N4O/c1-3-12(4-2)16-11-13(9-10-23-16)20-18-21-15-8-6-5-7-14(15)17(19)22-18/h5-8,12-13,16H,3-4,9-11H2,1-2H3,(H3,19,20,21,22). The number of ether oxygens (including phenoxy) is 1. The van der Waals surface area contributed by atoms with Gasteiger partial charge in [0.25, 0.3) is 0 Å². The summed E-state index contributed by atoms with van der Waals surface area (Å²) < 4.78 is 5.98. The van der Waals surface area contributed by atoms with E-state index in [2.05, 4.69) is 29.1 Å². The molecule has 0 amide bonds. The molecule has 124 valence electrons. The summed E-state index contributed by atoms with van der Waals surface area (Å²) in [5.74, 6) is 1.78. The van der Waals surface area contributed by atoms with Gasteiger partial charge in [-0.05, 0) is 30.9 Å². The van der Waals surface area contributed by atoms with Gasteiger partial charge >= 0.3 is 0 Å². The Morgan fingerprint density at radius 1 is 1.26 bits per heavy atom. The van der Waals surface area contributed by atoms with Crippen LogP contribution in [0.3, 0.4) is 0 Å². The number of hydrogen-bond donors (Lipinski definition) is 2. The molecular weight excluding hydrogens is 288 g/mol. The lowest BCUT2D eigenvalue weighted by Crippen LogP contribution is -2.38. The van der Waals surface area contributed by atoms with Crippen LogP contribution in [0.4, 0.5) is 11.8 Å². The predicted molar refractivity (Wildman–Crippen MR) is 94.4 cm³/mol. The lowest BCUT2D eigenvalue weighted by molar-refractivity contribution is -0.0271. The minimum atomic E-state index is 0.328. The molecule has 0 spiro atoms. The van der Waals surface area contributed by atoms with Gasteiger partial charge in [0.15, 0.2) is 0 Å². The van der Waals surface area contributed by atoms with Crippen molar-refractivity contribution in [3.05, 3.63) is 24.3 Å². The normalized spacial score (nSPS) is 21.7. The SMILES string of the molecule is CCC(CC)C1CC(Nc2nc(N)c3ccccc3n2)CCO1. The first-order chi connectivity index (χ1) is 11.2. The number of nitrogens with one attached hydrogen (secondary N) is 1. The molecule has 1 fully saturated rings. The molecule has 23 heavy (non-hydrogen) atoms. The molecule has 5 nitrogen and oxygen atoms in total. The summed E-state index contributed by atoms with van der Waals surface area (Å²) in [5.41, 5.74) is 6.95. The monoisotopic (exact) mass is 314 g/mol. The van der Waals surface area contributed by atoms with Crippen LogP contribution in [0.25, 0.3) is 10.9 Å². The highest BCUT2D eigenvalue weighted by molar-refractivity contribution is 5.88. The van der Waals surface area contributed by atoms with Gasteiger partial charge < -0.3 is 15.8 Å². The predicted octanol–water partition coefficient (Wildman–Crippen LogP) is 3.61. The van der Waals surface area contributed by atoms with Gasteiger partial charge in [0, 0.05) is 18.0 Å². The smallest absolute Gasteiger partial charge is 0.225 e. The molecule has 2 unspecified atom stereocenters. The first-order valence-electron chi connectivity index (χ1n) is 8.61. The van der Waals surface area contributed by atoms with Crippen molar-refractivity contribution in [3.63, 3.8) is 0 Å². The van der Waals surface area contributed by atoms with E-state index in [1.54, 1.807) is 0 Å². The number of nitrogens with two attached hydrogens (primary N) is 1. The Kier molecular flexibility index (Phi) is 4.96. The van der Waals surface area contributed by atoms with E-state index >= 15 is 0 Å². The van der Waals surface area contributed by atoms with Gasteiger partial charge in [-0.2, -0.15) is 4.98 Å². The molecule has 3 N–H and O–H groups in total. The quantitative estimate of drug-likeness (QED) is 0.882. The van der Waals surface area contributed by atoms with E-state index < -0.39 is 0 Å². The summed E-state index contributed by atoms with van der Waals surface area (Å²) in [6, 6.07) is 8.18. The molecule has 2 heterocycles. The zero-order chi connectivity index (χ0) is 16.2. The summed E-state index contributed by atoms with van der Waals surface area (Å²) in [6.07, 6.45) is 4.63. The minimum Gasteiger partial charge on any atom is -0.383 e. The van der Waals surface area contributed by atoms with Crippen molar-refractivity contribution in [2.45, 2.75) is 51.7 Å². The zero-order valence-electron chi connectivity index (χ0n) is 14.0. The van der Waals surface area contributed by atoms with Crippen LogP contribution >= 0.6 is 0 Å². The van der Waals surface area contributed by atoms with Crippen LogP contribution in [0, 0.1) is 5.92 Å². The van der Waals surface area contributed by atoms with Crippen molar-refractivity contribution in [2.24, 2.45) is 5.92 Å². The number of nitrogens with zero attached hydrogens (tertiary/aromatic N) is 2. The zero-order valence-corrected chi connectivity index (χ0v) is 14.0. The van der Waals surface area contributed by atoms with Gasteiger partial charge in [0.05, 0.1) is 11.6 Å². The summed E-state index contributed by atoms with van der Waals surface area (Å²) in [4.78, 5) is 9.02. The van der Waals surface area contributed by atoms with Crippen LogP contribution in [-0.4, -0.2) is 28.7 Å². The van der Waals surface area contributed by atoms with Crippen LogP contribution < -0.4 is 11.1 Å². The van der Waals surface area contributed by atoms with Gasteiger partial charge in [0.2, 0.25) is 5.95 Å². The van der Waals surface area contributed by atoms with E-state index in [4.69, 9.17) is 10.5 Å². The van der Waals surface area contributed by atoms with E-state index in [9.17, 15) is 0 Å². The van der Waals surface area contributed by atoms with Gasteiger partial charge in [-0.15, -0.1) is 0 Å². The highest BCUT2D eigenvalue weighted by Crippen LogP contribution is 2.27. The number of nitrogen functional groups attached to an aromatic ring is 1. The molecule has 1 aromatic heterocycles. The molecule has 1 aliphatic rings. The maximum atomic E-state index is 6.06. The Morgan fingerprint density at radius 3 is 2.83 bits per heavy atom. The van der Waals surface area contributed by atoms with Crippen LogP contribution in [0.2, 0.25) is 0 Å². The van der Waals surface area contributed by atoms with E-state index in [0.717, 1.165) is 43.2 Å². The van der Waals surface area contributed by atoms with Crippen LogP contribution in [-0.2, 0) is 4.74 Å². The number of anilines is 2. The third-order valence-corrected chi connectivity index (χ3v) is 4.86. The third kappa shape index (κ3) is 3.55. The van der Waals surface area contributed by atoms with E-state index in [1.165, 1.54) is 0 Å². The van der Waals surface area contributed by atoms with Crippen LogP contribution in [0.15, 0.2) is 24.3 Å².